The second-order valence-electron chi connectivity index (χ2n) is 3.91. The van der Waals surface area contributed by atoms with Crippen LogP contribution in [0.25, 0.3) is 11.5 Å². The normalized spacial score (nSPS) is 11.6. The lowest BCUT2D eigenvalue weighted by Crippen LogP contribution is -2.27. The molecule has 0 saturated heterocycles. The zero-order chi connectivity index (χ0) is 13.7. The fraction of sp³-hybridized carbons (Fsp3) is 0.333. The molecule has 0 radical (unpaired) electrons. The summed E-state index contributed by atoms with van der Waals surface area (Å²) in [5.74, 6) is 0.915. The van der Waals surface area contributed by atoms with Gasteiger partial charge in [-0.05, 0) is 19.1 Å². The molecule has 102 valence electrons. The molecule has 1 aromatic carbocycles. The topological polar surface area (TPSA) is 85.1 Å². The first-order valence-electron chi connectivity index (χ1n) is 5.96. The van der Waals surface area contributed by atoms with Crippen LogP contribution in [0.4, 0.5) is 0 Å². The van der Waals surface area contributed by atoms with Gasteiger partial charge in [0.25, 0.3) is 0 Å². The molecule has 0 spiro atoms. The van der Waals surface area contributed by atoms with E-state index in [0.717, 1.165) is 5.56 Å². The van der Waals surface area contributed by atoms with Gasteiger partial charge in [-0.15, -0.1) is 10.2 Å². The van der Waals surface area contributed by atoms with Gasteiger partial charge >= 0.3 is 0 Å². The molecule has 2 rings (SSSR count). The number of benzene rings is 1. The Bertz CT molecular complexity index is 623. The van der Waals surface area contributed by atoms with Crippen molar-refractivity contribution in [2.45, 2.75) is 13.3 Å². The molecule has 0 unspecified atom stereocenters. The summed E-state index contributed by atoms with van der Waals surface area (Å²) < 4.78 is 30.4. The summed E-state index contributed by atoms with van der Waals surface area (Å²) in [5.41, 5.74) is 0.843. The van der Waals surface area contributed by atoms with Gasteiger partial charge in [-0.3, -0.25) is 0 Å². The third-order valence-corrected chi connectivity index (χ3v) is 3.93. The Balaban J connectivity index is 1.95. The Labute approximate surface area is 111 Å². The molecule has 0 saturated carbocycles. The van der Waals surface area contributed by atoms with Crippen LogP contribution in [0.1, 0.15) is 12.8 Å². The van der Waals surface area contributed by atoms with Crippen molar-refractivity contribution < 1.29 is 12.8 Å². The lowest BCUT2D eigenvalue weighted by Gasteiger charge is -2.01. The minimum Gasteiger partial charge on any atom is -0.421 e. The van der Waals surface area contributed by atoms with Gasteiger partial charge in [0.15, 0.2) is 0 Å². The molecular formula is C12H15N3O3S. The third-order valence-electron chi connectivity index (χ3n) is 2.53. The molecule has 0 aliphatic heterocycles. The van der Waals surface area contributed by atoms with Crippen LogP contribution in [-0.2, 0) is 16.4 Å². The van der Waals surface area contributed by atoms with Crippen molar-refractivity contribution in [2.75, 3.05) is 12.3 Å². The molecule has 0 bridgehead atoms. The van der Waals surface area contributed by atoms with E-state index in [9.17, 15) is 8.42 Å². The summed E-state index contributed by atoms with van der Waals surface area (Å²) in [6.45, 7) is 1.84. The predicted molar refractivity (Wildman–Crippen MR) is 70.9 cm³/mol. The molecule has 2 aromatic rings. The standard InChI is InChI=1S/C12H15N3O3S/c1-2-19(16,17)13-9-8-11-14-15-12(18-11)10-6-4-3-5-7-10/h3-7,13H,2,8-9H2,1H3. The summed E-state index contributed by atoms with van der Waals surface area (Å²) >= 11 is 0. The molecule has 1 aromatic heterocycles. The summed E-state index contributed by atoms with van der Waals surface area (Å²) in [5, 5.41) is 7.81. The van der Waals surface area contributed by atoms with Crippen molar-refractivity contribution in [1.82, 2.24) is 14.9 Å². The van der Waals surface area contributed by atoms with E-state index in [1.54, 1.807) is 6.92 Å². The molecular weight excluding hydrogens is 266 g/mol. The third kappa shape index (κ3) is 3.87. The molecule has 0 aliphatic rings. The van der Waals surface area contributed by atoms with Gasteiger partial charge in [0.2, 0.25) is 21.8 Å². The van der Waals surface area contributed by atoms with Crippen LogP contribution in [0.3, 0.4) is 0 Å². The lowest BCUT2D eigenvalue weighted by atomic mass is 10.2. The second kappa shape index (κ2) is 5.94. The van der Waals surface area contributed by atoms with Gasteiger partial charge in [0.1, 0.15) is 0 Å². The van der Waals surface area contributed by atoms with E-state index in [1.807, 2.05) is 30.3 Å². The van der Waals surface area contributed by atoms with Crippen LogP contribution in [-0.4, -0.2) is 30.9 Å². The van der Waals surface area contributed by atoms with Gasteiger partial charge in [0, 0.05) is 18.5 Å². The summed E-state index contributed by atoms with van der Waals surface area (Å²) in [6, 6.07) is 9.41. The maximum absolute atomic E-state index is 11.2. The van der Waals surface area contributed by atoms with Crippen LogP contribution >= 0.6 is 0 Å². The van der Waals surface area contributed by atoms with Gasteiger partial charge in [-0.1, -0.05) is 18.2 Å². The Morgan fingerprint density at radius 1 is 1.21 bits per heavy atom. The quantitative estimate of drug-likeness (QED) is 0.860. The SMILES string of the molecule is CCS(=O)(=O)NCCc1nnc(-c2ccccc2)o1. The van der Waals surface area contributed by atoms with Crippen molar-refractivity contribution in [3.8, 4) is 11.5 Å². The molecule has 7 heteroatoms. The maximum Gasteiger partial charge on any atom is 0.247 e. The second-order valence-corrected chi connectivity index (χ2v) is 6.01. The Morgan fingerprint density at radius 2 is 1.95 bits per heavy atom. The van der Waals surface area contributed by atoms with Gasteiger partial charge < -0.3 is 4.42 Å². The molecule has 1 heterocycles. The van der Waals surface area contributed by atoms with Crippen molar-refractivity contribution in [1.29, 1.82) is 0 Å². The monoisotopic (exact) mass is 281 g/mol. The Kier molecular flexibility index (Phi) is 4.28. The number of hydrogen-bond donors (Lipinski definition) is 1. The number of nitrogens with zero attached hydrogens (tertiary/aromatic N) is 2. The fourth-order valence-electron chi connectivity index (χ4n) is 1.47. The summed E-state index contributed by atoms with van der Waals surface area (Å²) in [4.78, 5) is 0. The highest BCUT2D eigenvalue weighted by Gasteiger charge is 2.10. The predicted octanol–water partition coefficient (Wildman–Crippen LogP) is 1.22. The Morgan fingerprint density at radius 3 is 2.63 bits per heavy atom. The van der Waals surface area contributed by atoms with Crippen LogP contribution in [0.5, 0.6) is 0 Å². The molecule has 0 aliphatic carbocycles. The van der Waals surface area contributed by atoms with E-state index < -0.39 is 10.0 Å². The van der Waals surface area contributed by atoms with Crippen molar-refractivity contribution >= 4 is 10.0 Å². The van der Waals surface area contributed by atoms with E-state index >= 15 is 0 Å². The minimum atomic E-state index is -3.17. The molecule has 0 fully saturated rings. The highest BCUT2D eigenvalue weighted by Crippen LogP contribution is 2.16. The maximum atomic E-state index is 11.2. The van der Waals surface area contributed by atoms with E-state index in [-0.39, 0.29) is 12.3 Å². The zero-order valence-corrected chi connectivity index (χ0v) is 11.4. The molecule has 1 N–H and O–H groups in total. The van der Waals surface area contributed by atoms with Crippen LogP contribution < -0.4 is 4.72 Å². The number of rotatable bonds is 6. The first-order chi connectivity index (χ1) is 9.11. The van der Waals surface area contributed by atoms with Gasteiger partial charge in [-0.2, -0.15) is 0 Å². The highest BCUT2D eigenvalue weighted by atomic mass is 32.2. The average molecular weight is 281 g/mol. The largest absolute Gasteiger partial charge is 0.421 e. The van der Waals surface area contributed by atoms with E-state index in [0.29, 0.717) is 18.2 Å². The van der Waals surface area contributed by atoms with E-state index in [4.69, 9.17) is 4.42 Å². The van der Waals surface area contributed by atoms with Crippen LogP contribution in [0, 0.1) is 0 Å². The first kappa shape index (κ1) is 13.7. The highest BCUT2D eigenvalue weighted by molar-refractivity contribution is 7.89. The molecule has 0 amide bonds. The smallest absolute Gasteiger partial charge is 0.247 e. The number of nitrogens with one attached hydrogen (secondary N) is 1. The Hall–Kier alpha value is -1.73. The first-order valence-corrected chi connectivity index (χ1v) is 7.61. The van der Waals surface area contributed by atoms with Crippen molar-refractivity contribution in [2.24, 2.45) is 0 Å². The fourth-order valence-corrected chi connectivity index (χ4v) is 2.08. The lowest BCUT2D eigenvalue weighted by molar-refractivity contribution is 0.502. The number of aromatic nitrogens is 2. The molecule has 19 heavy (non-hydrogen) atoms. The summed E-state index contributed by atoms with van der Waals surface area (Å²) in [6.07, 6.45) is 0.374. The van der Waals surface area contributed by atoms with Crippen molar-refractivity contribution in [3.05, 3.63) is 36.2 Å². The van der Waals surface area contributed by atoms with E-state index in [2.05, 4.69) is 14.9 Å². The molecule has 0 atom stereocenters. The molecule has 6 nitrogen and oxygen atoms in total. The average Bonchev–Trinajstić information content (AvgIpc) is 2.88. The number of hydrogen-bond acceptors (Lipinski definition) is 5. The van der Waals surface area contributed by atoms with E-state index in [1.165, 1.54) is 0 Å². The van der Waals surface area contributed by atoms with Crippen molar-refractivity contribution in [3.63, 3.8) is 0 Å². The van der Waals surface area contributed by atoms with Crippen LogP contribution in [0.15, 0.2) is 34.7 Å². The van der Waals surface area contributed by atoms with Gasteiger partial charge in [0.05, 0.1) is 5.75 Å². The van der Waals surface area contributed by atoms with Gasteiger partial charge in [-0.25, -0.2) is 13.1 Å². The summed E-state index contributed by atoms with van der Waals surface area (Å²) in [7, 11) is -3.17. The van der Waals surface area contributed by atoms with Crippen LogP contribution in [0.2, 0.25) is 0 Å². The number of sulfonamides is 1. The minimum absolute atomic E-state index is 0.0616. The zero-order valence-electron chi connectivity index (χ0n) is 10.5.